The normalized spacial score (nSPS) is 10.6. The molecule has 1 amide bonds. The summed E-state index contributed by atoms with van der Waals surface area (Å²) in [5.74, 6) is 0.160. The van der Waals surface area contributed by atoms with Gasteiger partial charge in [0.1, 0.15) is 5.75 Å². The first-order chi connectivity index (χ1) is 17.7. The van der Waals surface area contributed by atoms with E-state index in [9.17, 15) is 9.59 Å². The van der Waals surface area contributed by atoms with E-state index in [1.54, 1.807) is 78.6 Å². The fourth-order valence-electron chi connectivity index (χ4n) is 3.32. The average Bonchev–Trinajstić information content (AvgIpc) is 2.87. The summed E-state index contributed by atoms with van der Waals surface area (Å²) in [6.07, 6.45) is 0. The number of amides is 1. The third kappa shape index (κ3) is 8.18. The fourth-order valence-corrected chi connectivity index (χ4v) is 4.05. The van der Waals surface area contributed by atoms with Crippen LogP contribution in [0.1, 0.15) is 47.1 Å². The molecule has 0 aromatic heterocycles. The minimum atomic E-state index is -0.420. The Bertz CT molecular complexity index is 1270. The van der Waals surface area contributed by atoms with Gasteiger partial charge in [-0.3, -0.25) is 10.1 Å². The molecule has 37 heavy (non-hydrogen) atoms. The largest absolute Gasteiger partial charge is 0.493 e. The maximum Gasteiger partial charge on any atom is 0.338 e. The van der Waals surface area contributed by atoms with Gasteiger partial charge in [0.15, 0.2) is 5.11 Å². The van der Waals surface area contributed by atoms with Gasteiger partial charge in [0.25, 0.3) is 5.91 Å². The highest BCUT2D eigenvalue weighted by molar-refractivity contribution is 7.80. The molecule has 194 valence electrons. The van der Waals surface area contributed by atoms with Crippen molar-refractivity contribution in [2.45, 2.75) is 27.3 Å². The molecule has 0 atom stereocenters. The Kier molecular flexibility index (Phi) is 10.3. The van der Waals surface area contributed by atoms with Crippen LogP contribution in [0.15, 0.2) is 66.7 Å². The Labute approximate surface area is 232 Å². The van der Waals surface area contributed by atoms with Gasteiger partial charge in [0, 0.05) is 21.3 Å². The van der Waals surface area contributed by atoms with E-state index in [0.717, 1.165) is 5.56 Å². The van der Waals surface area contributed by atoms with Crippen molar-refractivity contribution >= 4 is 58.1 Å². The van der Waals surface area contributed by atoms with Crippen LogP contribution < -0.4 is 15.0 Å². The third-order valence-electron chi connectivity index (χ3n) is 5.18. The highest BCUT2D eigenvalue weighted by atomic mass is 35.5. The summed E-state index contributed by atoms with van der Waals surface area (Å²) in [5.41, 5.74) is 2.22. The molecule has 0 bridgehead atoms. The van der Waals surface area contributed by atoms with Gasteiger partial charge >= 0.3 is 5.97 Å². The van der Waals surface area contributed by atoms with Crippen molar-refractivity contribution in [3.8, 4) is 5.75 Å². The Morgan fingerprint density at radius 2 is 1.73 bits per heavy atom. The molecular weight excluding hydrogens is 531 g/mol. The Morgan fingerprint density at radius 3 is 2.38 bits per heavy atom. The van der Waals surface area contributed by atoms with Crippen molar-refractivity contribution in [3.05, 3.63) is 93.5 Å². The van der Waals surface area contributed by atoms with E-state index in [-0.39, 0.29) is 24.2 Å². The number of benzene rings is 3. The van der Waals surface area contributed by atoms with Gasteiger partial charge in [-0.2, -0.15) is 0 Å². The molecule has 0 saturated heterocycles. The van der Waals surface area contributed by atoms with Gasteiger partial charge < -0.3 is 14.4 Å². The second-order valence-electron chi connectivity index (χ2n) is 8.58. The minimum absolute atomic E-state index is 0.161. The molecule has 0 fully saturated rings. The molecule has 0 saturated carbocycles. The predicted octanol–water partition coefficient (Wildman–Crippen LogP) is 6.93. The van der Waals surface area contributed by atoms with Crippen LogP contribution in [0.3, 0.4) is 0 Å². The molecule has 0 aliphatic carbocycles. The molecular formula is C28H28Cl2N2O4S. The topological polar surface area (TPSA) is 67.9 Å². The second kappa shape index (κ2) is 13.4. The second-order valence-corrected chi connectivity index (χ2v) is 9.81. The first-order valence-corrected chi connectivity index (χ1v) is 12.9. The lowest BCUT2D eigenvalue weighted by atomic mass is 10.1. The number of rotatable bonds is 9. The van der Waals surface area contributed by atoms with E-state index in [4.69, 9.17) is 44.9 Å². The molecule has 0 radical (unpaired) electrons. The van der Waals surface area contributed by atoms with E-state index >= 15 is 0 Å². The maximum absolute atomic E-state index is 13.1. The molecule has 0 heterocycles. The number of nitrogens with zero attached hydrogens (tertiary/aromatic N) is 1. The minimum Gasteiger partial charge on any atom is -0.493 e. The summed E-state index contributed by atoms with van der Waals surface area (Å²) in [7, 11) is 0. The molecule has 0 aliphatic heterocycles. The quantitative estimate of drug-likeness (QED) is 0.227. The number of carbonyl (C=O) groups is 2. The lowest BCUT2D eigenvalue weighted by molar-refractivity contribution is 0.0526. The number of halogens is 2. The number of ether oxygens (including phenoxy) is 2. The highest BCUT2D eigenvalue weighted by Gasteiger charge is 2.19. The lowest BCUT2D eigenvalue weighted by Gasteiger charge is -2.26. The predicted molar refractivity (Wildman–Crippen MR) is 152 cm³/mol. The summed E-state index contributed by atoms with van der Waals surface area (Å²) < 4.78 is 10.8. The summed E-state index contributed by atoms with van der Waals surface area (Å²) >= 11 is 18.1. The maximum atomic E-state index is 13.1. The highest BCUT2D eigenvalue weighted by Crippen LogP contribution is 2.26. The van der Waals surface area contributed by atoms with Crippen LogP contribution >= 0.6 is 35.4 Å². The molecule has 6 nitrogen and oxygen atoms in total. The fraction of sp³-hybridized carbons (Fsp3) is 0.250. The Morgan fingerprint density at radius 1 is 1.00 bits per heavy atom. The van der Waals surface area contributed by atoms with Gasteiger partial charge in [-0.05, 0) is 85.2 Å². The van der Waals surface area contributed by atoms with Crippen LogP contribution in [-0.4, -0.2) is 30.2 Å². The van der Waals surface area contributed by atoms with Crippen LogP contribution in [-0.2, 0) is 11.3 Å². The van der Waals surface area contributed by atoms with Crippen molar-refractivity contribution in [3.63, 3.8) is 0 Å². The number of anilines is 1. The number of hydrogen-bond donors (Lipinski definition) is 1. The van der Waals surface area contributed by atoms with Crippen molar-refractivity contribution in [1.29, 1.82) is 0 Å². The van der Waals surface area contributed by atoms with Gasteiger partial charge in [0.2, 0.25) is 0 Å². The van der Waals surface area contributed by atoms with E-state index < -0.39 is 5.97 Å². The molecule has 9 heteroatoms. The van der Waals surface area contributed by atoms with Gasteiger partial charge in [-0.1, -0.05) is 49.2 Å². The first-order valence-electron chi connectivity index (χ1n) is 11.7. The van der Waals surface area contributed by atoms with Crippen LogP contribution in [0.25, 0.3) is 0 Å². The third-order valence-corrected chi connectivity index (χ3v) is 6.09. The van der Waals surface area contributed by atoms with Crippen LogP contribution in [0.2, 0.25) is 10.0 Å². The van der Waals surface area contributed by atoms with Crippen molar-refractivity contribution in [2.24, 2.45) is 5.92 Å². The summed E-state index contributed by atoms with van der Waals surface area (Å²) in [6, 6.07) is 18.8. The van der Waals surface area contributed by atoms with Crippen LogP contribution in [0.4, 0.5) is 5.69 Å². The smallest absolute Gasteiger partial charge is 0.338 e. The molecule has 1 N–H and O–H groups in total. The van der Waals surface area contributed by atoms with Crippen molar-refractivity contribution < 1.29 is 19.1 Å². The van der Waals surface area contributed by atoms with Gasteiger partial charge in [0.05, 0.1) is 25.3 Å². The SMILES string of the molecule is CCOC(=O)c1ccc(N(Cc2ccc(Cl)cc2Cl)C(=S)NC(=O)c2cccc(OCC(C)C)c2)cc1. The molecule has 3 aromatic carbocycles. The Balaban J connectivity index is 1.85. The van der Waals surface area contributed by atoms with Crippen LogP contribution in [0, 0.1) is 5.92 Å². The molecule has 0 unspecified atom stereocenters. The lowest BCUT2D eigenvalue weighted by Crippen LogP contribution is -2.42. The van der Waals surface area contributed by atoms with Gasteiger partial charge in [-0.15, -0.1) is 0 Å². The van der Waals surface area contributed by atoms with E-state index in [1.165, 1.54) is 0 Å². The number of nitrogens with one attached hydrogen (secondary N) is 1. The van der Waals surface area contributed by atoms with Crippen LogP contribution in [0.5, 0.6) is 5.75 Å². The number of hydrogen-bond acceptors (Lipinski definition) is 5. The first kappa shape index (κ1) is 28.4. The molecule has 3 rings (SSSR count). The van der Waals surface area contributed by atoms with Crippen molar-refractivity contribution in [2.75, 3.05) is 18.1 Å². The van der Waals surface area contributed by atoms with E-state index in [1.807, 2.05) is 0 Å². The van der Waals surface area contributed by atoms with E-state index in [2.05, 4.69) is 19.2 Å². The number of carbonyl (C=O) groups excluding carboxylic acids is 2. The van der Waals surface area contributed by atoms with E-state index in [0.29, 0.717) is 45.1 Å². The molecule has 0 aliphatic rings. The summed E-state index contributed by atoms with van der Waals surface area (Å²) in [6.45, 7) is 6.93. The van der Waals surface area contributed by atoms with Gasteiger partial charge in [-0.25, -0.2) is 4.79 Å². The number of esters is 1. The summed E-state index contributed by atoms with van der Waals surface area (Å²) in [4.78, 5) is 26.9. The average molecular weight is 560 g/mol. The molecule has 0 spiro atoms. The van der Waals surface area contributed by atoms with Crippen molar-refractivity contribution in [1.82, 2.24) is 5.32 Å². The zero-order valence-corrected chi connectivity index (χ0v) is 23.1. The number of thiocarbonyl (C=S) groups is 1. The monoisotopic (exact) mass is 558 g/mol. The zero-order chi connectivity index (χ0) is 26.9. The zero-order valence-electron chi connectivity index (χ0n) is 20.8. The Hall–Kier alpha value is -3.13. The standard InChI is InChI=1S/C28H28Cl2N2O4S/c1-4-35-27(34)19-9-12-23(13-10-19)32(16-21-8-11-22(29)15-25(21)30)28(37)31-26(33)20-6-5-7-24(14-20)36-17-18(2)3/h5-15,18H,4,16-17H2,1-3H3,(H,31,33,37). The molecule has 3 aromatic rings. The summed E-state index contributed by atoms with van der Waals surface area (Å²) in [5, 5.41) is 3.93.